The Morgan fingerprint density at radius 2 is 2.29 bits per heavy atom. The Hall–Kier alpha value is -2.58. The molecule has 3 N–H and O–H groups in total. The summed E-state index contributed by atoms with van der Waals surface area (Å²) >= 11 is 6.03. The predicted molar refractivity (Wildman–Crippen MR) is 107 cm³/mol. The first-order chi connectivity index (χ1) is 13.5. The fourth-order valence-corrected chi connectivity index (χ4v) is 3.11. The van der Waals surface area contributed by atoms with Gasteiger partial charge in [0.15, 0.2) is 0 Å². The van der Waals surface area contributed by atoms with Gasteiger partial charge in [0, 0.05) is 25.3 Å². The molecule has 1 atom stereocenters. The molecule has 0 fully saturated rings. The summed E-state index contributed by atoms with van der Waals surface area (Å²) in [5.74, 6) is 1.03. The second kappa shape index (κ2) is 9.07. The van der Waals surface area contributed by atoms with E-state index in [0.717, 1.165) is 16.8 Å². The van der Waals surface area contributed by atoms with Crippen LogP contribution in [-0.2, 0) is 19.5 Å². The van der Waals surface area contributed by atoms with E-state index >= 15 is 0 Å². The minimum absolute atomic E-state index is 0.00946. The number of hydrogen-bond acceptors (Lipinski definition) is 6. The first-order valence-corrected chi connectivity index (χ1v) is 9.45. The molecule has 0 bridgehead atoms. The molecule has 1 aromatic carbocycles. The number of fused-ring (bicyclic) bond motifs is 1. The third-order valence-electron chi connectivity index (χ3n) is 4.54. The molecule has 150 valence electrons. The van der Waals surface area contributed by atoms with Crippen LogP contribution in [0.2, 0.25) is 5.02 Å². The molecule has 0 radical (unpaired) electrons. The van der Waals surface area contributed by atoms with Gasteiger partial charge in [-0.25, -0.2) is 14.8 Å². The van der Waals surface area contributed by atoms with E-state index in [0.29, 0.717) is 42.8 Å². The van der Waals surface area contributed by atoms with Crippen molar-refractivity contribution >= 4 is 23.6 Å². The zero-order valence-electron chi connectivity index (χ0n) is 15.9. The van der Waals surface area contributed by atoms with Crippen molar-refractivity contribution in [1.29, 1.82) is 0 Å². The smallest absolute Gasteiger partial charge is 0.318 e. The van der Waals surface area contributed by atoms with Crippen molar-refractivity contribution in [2.24, 2.45) is 0 Å². The molecule has 2 amide bonds. The lowest BCUT2D eigenvalue weighted by Crippen LogP contribution is -2.42. The molecule has 0 saturated carbocycles. The van der Waals surface area contributed by atoms with Crippen LogP contribution in [0.15, 0.2) is 24.4 Å². The maximum atomic E-state index is 12.6. The highest BCUT2D eigenvalue weighted by Gasteiger charge is 2.22. The molecule has 0 spiro atoms. The Labute approximate surface area is 168 Å². The summed E-state index contributed by atoms with van der Waals surface area (Å²) < 4.78 is 5.20. The van der Waals surface area contributed by atoms with E-state index in [4.69, 9.17) is 21.4 Å². The normalized spacial score (nSPS) is 14.2. The number of methoxy groups -OCH3 is 1. The predicted octanol–water partition coefficient (Wildman–Crippen LogP) is 2.20. The lowest BCUT2D eigenvalue weighted by molar-refractivity contribution is 0.191. The number of anilines is 1. The third kappa shape index (κ3) is 4.82. The van der Waals surface area contributed by atoms with Gasteiger partial charge in [-0.3, -0.25) is 0 Å². The summed E-state index contributed by atoms with van der Waals surface area (Å²) in [4.78, 5) is 23.1. The van der Waals surface area contributed by atoms with Gasteiger partial charge >= 0.3 is 6.03 Å². The molecule has 1 aromatic heterocycles. The van der Waals surface area contributed by atoms with Gasteiger partial charge in [0.1, 0.15) is 5.75 Å². The first kappa shape index (κ1) is 20.2. The Balaban J connectivity index is 1.61. The Morgan fingerprint density at radius 3 is 3.04 bits per heavy atom. The summed E-state index contributed by atoms with van der Waals surface area (Å²) in [6, 6.07) is 5.11. The van der Waals surface area contributed by atoms with Gasteiger partial charge < -0.3 is 25.4 Å². The minimum Gasteiger partial charge on any atom is -0.495 e. The number of urea groups is 1. The number of hydrogen-bond donors (Lipinski definition) is 3. The monoisotopic (exact) mass is 405 g/mol. The molecule has 9 heteroatoms. The van der Waals surface area contributed by atoms with Crippen LogP contribution in [0, 0.1) is 0 Å². The van der Waals surface area contributed by atoms with E-state index in [1.165, 1.54) is 0 Å². The number of aromatic nitrogens is 2. The fourth-order valence-electron chi connectivity index (χ4n) is 2.92. The number of carbonyl (C=O) groups is 1. The highest BCUT2D eigenvalue weighted by Crippen LogP contribution is 2.25. The molecule has 8 nitrogen and oxygen atoms in total. The number of aliphatic hydroxyl groups is 1. The summed E-state index contributed by atoms with van der Waals surface area (Å²) in [5, 5.41) is 15.6. The van der Waals surface area contributed by atoms with Gasteiger partial charge in [-0.1, -0.05) is 17.7 Å². The van der Waals surface area contributed by atoms with Crippen molar-refractivity contribution in [1.82, 2.24) is 20.2 Å². The average Bonchev–Trinajstić information content (AvgIpc) is 2.72. The zero-order chi connectivity index (χ0) is 20.1. The largest absolute Gasteiger partial charge is 0.495 e. The number of nitrogens with zero attached hydrogens (tertiary/aromatic N) is 3. The molecule has 0 aliphatic carbocycles. The van der Waals surface area contributed by atoms with Crippen LogP contribution in [-0.4, -0.2) is 52.3 Å². The lowest BCUT2D eigenvalue weighted by Gasteiger charge is -2.28. The van der Waals surface area contributed by atoms with Gasteiger partial charge in [-0.05, 0) is 36.6 Å². The number of halogens is 1. The second-order valence-electron chi connectivity index (χ2n) is 6.69. The quantitative estimate of drug-likeness (QED) is 0.681. The minimum atomic E-state index is -0.156. The van der Waals surface area contributed by atoms with Crippen LogP contribution >= 0.6 is 11.6 Å². The van der Waals surface area contributed by atoms with Gasteiger partial charge in [0.25, 0.3) is 0 Å². The van der Waals surface area contributed by atoms with Crippen molar-refractivity contribution in [3.63, 3.8) is 0 Å². The number of aliphatic hydroxyl groups excluding tert-OH is 1. The molecule has 2 heterocycles. The summed E-state index contributed by atoms with van der Waals surface area (Å²) in [6.07, 6.45) is 2.48. The van der Waals surface area contributed by atoms with E-state index in [-0.39, 0.29) is 18.7 Å². The number of amides is 2. The third-order valence-corrected chi connectivity index (χ3v) is 4.85. The molecule has 28 heavy (non-hydrogen) atoms. The maximum absolute atomic E-state index is 12.6. The highest BCUT2D eigenvalue weighted by molar-refractivity contribution is 6.32. The van der Waals surface area contributed by atoms with Crippen molar-refractivity contribution in [2.75, 3.05) is 25.6 Å². The van der Waals surface area contributed by atoms with Crippen LogP contribution in [0.25, 0.3) is 0 Å². The number of rotatable bonds is 6. The Kier molecular flexibility index (Phi) is 6.53. The van der Waals surface area contributed by atoms with E-state index in [2.05, 4.69) is 20.6 Å². The van der Waals surface area contributed by atoms with E-state index in [1.807, 2.05) is 19.1 Å². The molecule has 2 aromatic rings. The highest BCUT2D eigenvalue weighted by atomic mass is 35.5. The molecule has 0 unspecified atom stereocenters. The molecule has 0 saturated heterocycles. The number of carbonyl (C=O) groups excluding carboxylic acids is 1. The van der Waals surface area contributed by atoms with Crippen molar-refractivity contribution in [3.05, 3.63) is 46.2 Å². The molecule has 1 aliphatic rings. The number of nitrogens with one attached hydrogen (secondary N) is 2. The number of ether oxygens (including phenoxy) is 1. The van der Waals surface area contributed by atoms with Crippen molar-refractivity contribution < 1.29 is 14.6 Å². The SMILES string of the molecule is COc1cc(CNC(=O)N2CCc3cnc(N[C@@H](C)CO)nc3C2)ccc1Cl. The molecule has 1 aliphatic heterocycles. The standard InChI is InChI=1S/C19H24ClN5O3/c1-12(11-26)23-18-21-9-14-5-6-25(10-16(14)24-18)19(27)22-8-13-3-4-15(20)17(7-13)28-2/h3-4,7,9,12,26H,5-6,8,10-11H2,1-2H3,(H,22,27)(H,21,23,24)/t12-/m0/s1. The topological polar surface area (TPSA) is 99.6 Å². The van der Waals surface area contributed by atoms with Crippen LogP contribution in [0.1, 0.15) is 23.7 Å². The van der Waals surface area contributed by atoms with Crippen LogP contribution in [0.3, 0.4) is 0 Å². The average molecular weight is 406 g/mol. The van der Waals surface area contributed by atoms with Crippen LogP contribution < -0.4 is 15.4 Å². The van der Waals surface area contributed by atoms with Crippen molar-refractivity contribution in [2.45, 2.75) is 32.5 Å². The van der Waals surface area contributed by atoms with E-state index in [1.54, 1.807) is 24.3 Å². The van der Waals surface area contributed by atoms with Gasteiger partial charge in [0.05, 0.1) is 31.0 Å². The van der Waals surface area contributed by atoms with Gasteiger partial charge in [-0.2, -0.15) is 0 Å². The first-order valence-electron chi connectivity index (χ1n) is 9.07. The fraction of sp³-hybridized carbons (Fsp3) is 0.421. The summed E-state index contributed by atoms with van der Waals surface area (Å²) in [7, 11) is 1.56. The van der Waals surface area contributed by atoms with Crippen molar-refractivity contribution in [3.8, 4) is 5.75 Å². The van der Waals surface area contributed by atoms with E-state index in [9.17, 15) is 4.79 Å². The maximum Gasteiger partial charge on any atom is 0.318 e. The summed E-state index contributed by atoms with van der Waals surface area (Å²) in [6.45, 7) is 3.22. The zero-order valence-corrected chi connectivity index (χ0v) is 16.7. The van der Waals surface area contributed by atoms with E-state index < -0.39 is 0 Å². The Bertz CT molecular complexity index is 848. The second-order valence-corrected chi connectivity index (χ2v) is 7.10. The molecular weight excluding hydrogens is 382 g/mol. The molecule has 3 rings (SSSR count). The van der Waals surface area contributed by atoms with Gasteiger partial charge in [-0.15, -0.1) is 0 Å². The van der Waals surface area contributed by atoms with Crippen LogP contribution in [0.5, 0.6) is 5.75 Å². The summed E-state index contributed by atoms with van der Waals surface area (Å²) in [5.41, 5.74) is 2.75. The molecular formula is C19H24ClN5O3. The number of benzene rings is 1. The lowest BCUT2D eigenvalue weighted by atomic mass is 10.1. The Morgan fingerprint density at radius 1 is 1.46 bits per heavy atom. The van der Waals surface area contributed by atoms with Crippen LogP contribution in [0.4, 0.5) is 10.7 Å². The van der Waals surface area contributed by atoms with Gasteiger partial charge in [0.2, 0.25) is 5.95 Å².